The van der Waals surface area contributed by atoms with Crippen LogP contribution in [-0.2, 0) is 17.9 Å². The van der Waals surface area contributed by atoms with Crippen molar-refractivity contribution in [1.29, 1.82) is 0 Å². The number of aryl methyl sites for hydroxylation is 2. The molecule has 3 aliphatic heterocycles. The summed E-state index contributed by atoms with van der Waals surface area (Å²) in [6.45, 7) is 10.9. The Morgan fingerprint density at radius 2 is 1.48 bits per heavy atom. The van der Waals surface area contributed by atoms with E-state index in [2.05, 4.69) is 124 Å². The Bertz CT molecular complexity index is 1970. The van der Waals surface area contributed by atoms with Gasteiger partial charge < -0.3 is 9.22 Å². The van der Waals surface area contributed by atoms with E-state index in [0.29, 0.717) is 12.6 Å². The molecule has 5 aromatic carbocycles. The Morgan fingerprint density at radius 1 is 0.804 bits per heavy atom. The minimum absolute atomic E-state index is 0.0319. The first-order valence-corrected chi connectivity index (χ1v) is 17.3. The number of piperidine rings is 3. The number of benzene rings is 5. The summed E-state index contributed by atoms with van der Waals surface area (Å²) >= 11 is 0. The Labute approximate surface area is 273 Å². The van der Waals surface area contributed by atoms with Crippen molar-refractivity contribution < 1.29 is 9.22 Å². The zero-order valence-corrected chi connectivity index (χ0v) is 27.5. The molecule has 5 atom stereocenters. The fourth-order valence-corrected chi connectivity index (χ4v) is 9.35. The number of aromatic nitrogens is 1. The molecule has 3 aliphatic rings. The van der Waals surface area contributed by atoms with Crippen molar-refractivity contribution in [3.05, 3.63) is 137 Å². The molecule has 2 bridgehead atoms. The van der Waals surface area contributed by atoms with Gasteiger partial charge >= 0.3 is 0 Å². The van der Waals surface area contributed by atoms with Crippen LogP contribution in [-0.4, -0.2) is 28.6 Å². The maximum Gasteiger partial charge on any atom is 0.135 e. The van der Waals surface area contributed by atoms with Gasteiger partial charge in [0.25, 0.3) is 0 Å². The van der Waals surface area contributed by atoms with Crippen molar-refractivity contribution in [3.8, 4) is 0 Å². The first-order valence-electron chi connectivity index (χ1n) is 17.3. The normalized spacial score (nSPS) is 23.3. The highest BCUT2D eigenvalue weighted by Gasteiger charge is 2.55. The Hall–Kier alpha value is -4.05. The Kier molecular flexibility index (Phi) is 7.63. The minimum Gasteiger partial charge on any atom is -0.363 e. The second kappa shape index (κ2) is 12.0. The molecule has 9 rings (SSSR count). The van der Waals surface area contributed by atoms with Crippen molar-refractivity contribution in [2.75, 3.05) is 13.1 Å². The number of pyridine rings is 1. The average molecular weight is 606 g/mol. The molecule has 3 saturated heterocycles. The van der Waals surface area contributed by atoms with Crippen LogP contribution in [0.2, 0.25) is 0 Å². The maximum absolute atomic E-state index is 7.29. The predicted molar refractivity (Wildman–Crippen MR) is 191 cm³/mol. The molecule has 0 saturated carbocycles. The molecule has 3 heteroatoms. The van der Waals surface area contributed by atoms with Crippen molar-refractivity contribution in [3.63, 3.8) is 0 Å². The Balaban J connectivity index is 1.29. The molecule has 0 amide bonds. The van der Waals surface area contributed by atoms with Crippen molar-refractivity contribution in [1.82, 2.24) is 4.98 Å². The van der Waals surface area contributed by atoms with E-state index in [-0.39, 0.29) is 6.10 Å². The van der Waals surface area contributed by atoms with Gasteiger partial charge in [0.2, 0.25) is 0 Å². The van der Waals surface area contributed by atoms with Crippen molar-refractivity contribution >= 4 is 32.4 Å². The molecule has 0 radical (unpaired) electrons. The Morgan fingerprint density at radius 3 is 2.20 bits per heavy atom. The van der Waals surface area contributed by atoms with Gasteiger partial charge in [-0.1, -0.05) is 103 Å². The van der Waals surface area contributed by atoms with E-state index in [1.54, 1.807) is 0 Å². The van der Waals surface area contributed by atoms with Gasteiger partial charge in [-0.15, -0.1) is 0 Å². The monoisotopic (exact) mass is 605 g/mol. The standard InChI is InChI=1S/C43H45N2O/c1-4-32-26-45(27-40-36-13-7-5-11-34(36)24-35-12-6-8-14-37(35)40)20-18-33(32)25-42(45)43(46-28-31-22-29(2)21-30(3)23-31)39-17-19-44-41-16-10-9-15-38(39)41/h5-17,19,21-24,32-33,42-43H,4,18,20,25-28H2,1-3H3/q+1/t32-,33-,42+,43+,45-/m0/s1. The zero-order valence-electron chi connectivity index (χ0n) is 27.5. The van der Waals surface area contributed by atoms with Gasteiger partial charge in [0.15, 0.2) is 0 Å². The van der Waals surface area contributed by atoms with E-state index in [1.807, 2.05) is 6.20 Å². The average Bonchev–Trinajstić information content (AvgIpc) is 3.08. The van der Waals surface area contributed by atoms with Crippen molar-refractivity contribution in [2.24, 2.45) is 11.8 Å². The van der Waals surface area contributed by atoms with Crippen LogP contribution in [0.4, 0.5) is 0 Å². The van der Waals surface area contributed by atoms with E-state index in [9.17, 15) is 0 Å². The topological polar surface area (TPSA) is 22.1 Å². The quantitative estimate of drug-likeness (QED) is 0.127. The second-order valence-corrected chi connectivity index (χ2v) is 14.2. The summed E-state index contributed by atoms with van der Waals surface area (Å²) in [7, 11) is 0. The molecule has 0 N–H and O–H groups in total. The summed E-state index contributed by atoms with van der Waals surface area (Å²) in [6, 6.07) is 38.5. The third-order valence-electron chi connectivity index (χ3n) is 11.4. The van der Waals surface area contributed by atoms with Crippen LogP contribution in [0.1, 0.15) is 60.1 Å². The van der Waals surface area contributed by atoms with Gasteiger partial charge in [-0.2, -0.15) is 0 Å². The lowest BCUT2D eigenvalue weighted by atomic mass is 9.70. The number of hydrogen-bond acceptors (Lipinski definition) is 2. The zero-order chi connectivity index (χ0) is 31.3. The molecule has 3 fully saturated rings. The fraction of sp³-hybridized carbons (Fsp3) is 0.326. The van der Waals surface area contributed by atoms with Gasteiger partial charge in [-0.05, 0) is 77.1 Å². The molecule has 0 unspecified atom stereocenters. The molecule has 0 aliphatic carbocycles. The van der Waals surface area contributed by atoms with Crippen LogP contribution in [0.25, 0.3) is 32.4 Å². The third kappa shape index (κ3) is 5.20. The molecule has 46 heavy (non-hydrogen) atoms. The highest BCUT2D eigenvalue weighted by molar-refractivity contribution is 6.02. The van der Waals surface area contributed by atoms with Crippen LogP contribution in [0, 0.1) is 25.7 Å². The van der Waals surface area contributed by atoms with Gasteiger partial charge in [-0.3, -0.25) is 4.98 Å². The molecular weight excluding hydrogens is 560 g/mol. The largest absolute Gasteiger partial charge is 0.363 e. The number of hydrogen-bond donors (Lipinski definition) is 0. The minimum atomic E-state index is -0.0319. The number of quaternary nitrogens is 1. The molecule has 6 aromatic rings. The predicted octanol–water partition coefficient (Wildman–Crippen LogP) is 10.3. The summed E-state index contributed by atoms with van der Waals surface area (Å²) < 4.78 is 8.37. The lowest BCUT2D eigenvalue weighted by Gasteiger charge is -2.59. The van der Waals surface area contributed by atoms with E-state index in [1.165, 1.54) is 87.1 Å². The molecule has 4 heterocycles. The first kappa shape index (κ1) is 29.4. The highest BCUT2D eigenvalue weighted by Crippen LogP contribution is 2.50. The van der Waals surface area contributed by atoms with E-state index in [0.717, 1.165) is 28.4 Å². The summed E-state index contributed by atoms with van der Waals surface area (Å²) in [5.41, 5.74) is 7.69. The molecule has 232 valence electrons. The second-order valence-electron chi connectivity index (χ2n) is 14.2. The van der Waals surface area contributed by atoms with Crippen LogP contribution < -0.4 is 0 Å². The van der Waals surface area contributed by atoms with Gasteiger partial charge in [0.1, 0.15) is 18.7 Å². The summed E-state index contributed by atoms with van der Waals surface area (Å²) in [5.74, 6) is 1.50. The van der Waals surface area contributed by atoms with E-state index in [4.69, 9.17) is 9.72 Å². The summed E-state index contributed by atoms with van der Waals surface area (Å²) in [4.78, 5) is 4.78. The number of fused-ring (bicyclic) bond motifs is 6. The third-order valence-corrected chi connectivity index (χ3v) is 11.4. The van der Waals surface area contributed by atoms with Crippen LogP contribution in [0.5, 0.6) is 0 Å². The molecular formula is C43H45N2O+. The summed E-state index contributed by atoms with van der Waals surface area (Å²) in [5, 5.41) is 6.70. The molecule has 3 nitrogen and oxygen atoms in total. The lowest BCUT2D eigenvalue weighted by Crippen LogP contribution is -2.67. The van der Waals surface area contributed by atoms with Crippen LogP contribution >= 0.6 is 0 Å². The fourth-order valence-electron chi connectivity index (χ4n) is 9.35. The molecule has 1 aromatic heterocycles. The summed E-state index contributed by atoms with van der Waals surface area (Å²) in [6.07, 6.45) is 5.72. The van der Waals surface area contributed by atoms with Gasteiger partial charge in [0, 0.05) is 35.9 Å². The molecule has 0 spiro atoms. The number of rotatable bonds is 8. The number of ether oxygens (including phenoxy) is 1. The van der Waals surface area contributed by atoms with Crippen molar-refractivity contribution in [2.45, 2.75) is 65.3 Å². The van der Waals surface area contributed by atoms with E-state index < -0.39 is 0 Å². The smallest absolute Gasteiger partial charge is 0.135 e. The SMILES string of the molecule is CC[C@H]1C[N@+]2(Cc3c4ccccc4cc4ccccc34)CC[C@H]1C[C@@H]2[C@H](OCc1cc(C)cc(C)c1)c1ccnc2ccccc12. The lowest BCUT2D eigenvalue weighted by molar-refractivity contribution is -0.985. The van der Waals surface area contributed by atoms with Gasteiger partial charge in [-0.25, -0.2) is 0 Å². The van der Waals surface area contributed by atoms with Crippen LogP contribution in [0.15, 0.2) is 109 Å². The van der Waals surface area contributed by atoms with Crippen LogP contribution in [0.3, 0.4) is 0 Å². The number of nitrogens with zero attached hydrogens (tertiary/aromatic N) is 2. The maximum atomic E-state index is 7.29. The van der Waals surface area contributed by atoms with Gasteiger partial charge in [0.05, 0.1) is 25.2 Å². The number of para-hydroxylation sites is 1. The highest BCUT2D eigenvalue weighted by atomic mass is 16.5. The first-order chi connectivity index (χ1) is 22.5. The van der Waals surface area contributed by atoms with E-state index >= 15 is 0 Å².